The van der Waals surface area contributed by atoms with E-state index in [-0.39, 0.29) is 23.0 Å². The number of hydrogen-bond donors (Lipinski definition) is 3. The molecule has 4 aliphatic rings. The average Bonchev–Trinajstić information content (AvgIpc) is 3.11. The van der Waals surface area contributed by atoms with Gasteiger partial charge in [-0.05, 0) is 124 Å². The Kier molecular flexibility index (Phi) is 7.59. The minimum Gasteiger partial charge on any atom is -0.393 e. The highest BCUT2D eigenvalue weighted by Crippen LogP contribution is 2.69. The maximum absolute atomic E-state index is 12.5. The summed E-state index contributed by atoms with van der Waals surface area (Å²) in [5, 5.41) is 22.3. The van der Waals surface area contributed by atoms with Crippen LogP contribution in [0.1, 0.15) is 106 Å². The van der Waals surface area contributed by atoms with Crippen molar-refractivity contribution in [3.8, 4) is 0 Å². The van der Waals surface area contributed by atoms with Crippen molar-refractivity contribution in [1.29, 1.82) is 0 Å². The first kappa shape index (κ1) is 27.9. The summed E-state index contributed by atoms with van der Waals surface area (Å²) in [6.07, 6.45) is 9.07. The fourth-order valence-electron chi connectivity index (χ4n) is 9.77. The first-order chi connectivity index (χ1) is 16.2. The maximum atomic E-state index is 12.5. The third-order valence-electron chi connectivity index (χ3n) is 11.8. The Hall–Kier alpha value is -0.170. The van der Waals surface area contributed by atoms with Crippen LogP contribution in [0.4, 0.5) is 0 Å². The van der Waals surface area contributed by atoms with Crippen molar-refractivity contribution in [2.75, 3.05) is 6.54 Å². The molecule has 0 saturated heterocycles. The predicted octanol–water partition coefficient (Wildman–Crippen LogP) is 5.36. The number of nitrogens with one attached hydrogen (secondary N) is 1. The highest BCUT2D eigenvalue weighted by molar-refractivity contribution is 7.90. The van der Waals surface area contributed by atoms with E-state index < -0.39 is 14.8 Å². The maximum Gasteiger partial charge on any atom is 0.216 e. The zero-order chi connectivity index (χ0) is 26.0. The van der Waals surface area contributed by atoms with Gasteiger partial charge in [-0.15, -0.1) is 0 Å². The molecule has 11 atom stereocenters. The fraction of sp³-hybridized carbons (Fsp3) is 1.00. The van der Waals surface area contributed by atoms with Gasteiger partial charge in [-0.3, -0.25) is 0 Å². The highest BCUT2D eigenvalue weighted by atomic mass is 32.2. The van der Waals surface area contributed by atoms with Gasteiger partial charge in [0, 0.05) is 6.54 Å². The van der Waals surface area contributed by atoms with Gasteiger partial charge < -0.3 is 10.2 Å². The molecule has 0 aliphatic heterocycles. The van der Waals surface area contributed by atoms with Crippen LogP contribution in [-0.4, -0.2) is 42.1 Å². The lowest BCUT2D eigenvalue weighted by molar-refractivity contribution is -0.203. The Morgan fingerprint density at radius 3 is 2.23 bits per heavy atom. The Labute approximate surface area is 215 Å². The molecule has 0 spiro atoms. The van der Waals surface area contributed by atoms with Crippen molar-refractivity contribution in [3.63, 3.8) is 0 Å². The molecule has 0 aromatic rings. The molecule has 0 bridgehead atoms. The van der Waals surface area contributed by atoms with E-state index in [9.17, 15) is 18.6 Å². The molecule has 0 amide bonds. The van der Waals surface area contributed by atoms with E-state index in [1.54, 1.807) is 20.8 Å². The molecule has 35 heavy (non-hydrogen) atoms. The van der Waals surface area contributed by atoms with Crippen molar-refractivity contribution >= 4 is 10.0 Å². The van der Waals surface area contributed by atoms with Crippen LogP contribution in [0, 0.1) is 52.3 Å². The Morgan fingerprint density at radius 2 is 1.60 bits per heavy atom. The van der Waals surface area contributed by atoms with Crippen molar-refractivity contribution in [2.24, 2.45) is 52.3 Å². The summed E-state index contributed by atoms with van der Waals surface area (Å²) < 4.78 is 27.1. The smallest absolute Gasteiger partial charge is 0.216 e. The number of aliphatic hydroxyl groups excluding tert-OH is 2. The molecule has 4 fully saturated rings. The minimum atomic E-state index is -3.31. The molecule has 4 rings (SSSR count). The van der Waals surface area contributed by atoms with Gasteiger partial charge >= 0.3 is 0 Å². The van der Waals surface area contributed by atoms with Crippen LogP contribution >= 0.6 is 0 Å². The topological polar surface area (TPSA) is 86.6 Å². The molecule has 0 radical (unpaired) electrons. The number of hydrogen-bond acceptors (Lipinski definition) is 4. The summed E-state index contributed by atoms with van der Waals surface area (Å²) in [5.74, 6) is 3.24. The number of aliphatic hydroxyl groups is 2. The van der Waals surface area contributed by atoms with Crippen molar-refractivity contribution < 1.29 is 18.6 Å². The van der Waals surface area contributed by atoms with Crippen LogP contribution in [0.5, 0.6) is 0 Å². The third-order valence-corrected chi connectivity index (χ3v) is 14.0. The summed E-state index contributed by atoms with van der Waals surface area (Å²) in [7, 11) is -3.31. The van der Waals surface area contributed by atoms with Crippen molar-refractivity contribution in [3.05, 3.63) is 0 Å². The van der Waals surface area contributed by atoms with Crippen LogP contribution in [0.15, 0.2) is 0 Å². The Bertz CT molecular complexity index is 868. The van der Waals surface area contributed by atoms with E-state index in [0.717, 1.165) is 32.1 Å². The molecule has 0 heterocycles. The predicted molar refractivity (Wildman–Crippen MR) is 142 cm³/mol. The molecular formula is C29H53NO4S. The zero-order valence-corrected chi connectivity index (χ0v) is 24.2. The van der Waals surface area contributed by atoms with Crippen LogP contribution in [0.25, 0.3) is 0 Å². The van der Waals surface area contributed by atoms with E-state index in [1.807, 2.05) is 0 Å². The van der Waals surface area contributed by atoms with E-state index in [4.69, 9.17) is 0 Å². The van der Waals surface area contributed by atoms with Crippen molar-refractivity contribution in [2.45, 2.75) is 123 Å². The third kappa shape index (κ3) is 4.55. The van der Waals surface area contributed by atoms with Crippen molar-refractivity contribution in [1.82, 2.24) is 4.72 Å². The van der Waals surface area contributed by atoms with E-state index >= 15 is 0 Å². The van der Waals surface area contributed by atoms with E-state index in [2.05, 4.69) is 32.4 Å². The molecule has 0 aromatic carbocycles. The summed E-state index contributed by atoms with van der Waals surface area (Å²) in [4.78, 5) is 0. The first-order valence-corrected chi connectivity index (χ1v) is 16.0. The first-order valence-electron chi connectivity index (χ1n) is 14.5. The second-order valence-corrected chi connectivity index (χ2v) is 16.9. The molecule has 5 nitrogen and oxygen atoms in total. The molecule has 3 N–H and O–H groups in total. The van der Waals surface area contributed by atoms with Gasteiger partial charge in [-0.25, -0.2) is 13.1 Å². The largest absolute Gasteiger partial charge is 0.393 e. The molecule has 4 aliphatic carbocycles. The molecule has 2 unspecified atom stereocenters. The van der Waals surface area contributed by atoms with Gasteiger partial charge in [0.15, 0.2) is 0 Å². The lowest BCUT2D eigenvalue weighted by Gasteiger charge is -2.64. The summed E-state index contributed by atoms with van der Waals surface area (Å²) in [5.41, 5.74) is 0.459. The Balaban J connectivity index is 1.51. The van der Waals surface area contributed by atoms with Gasteiger partial charge in [0.1, 0.15) is 0 Å². The number of sulfonamides is 1. The lowest BCUT2D eigenvalue weighted by Crippen LogP contribution is -2.62. The van der Waals surface area contributed by atoms with Crippen LogP contribution in [-0.2, 0) is 10.0 Å². The number of fused-ring (bicyclic) bond motifs is 5. The standard InChI is InChI=1S/C29H53NO4S/c1-8-20-24-17-19(31)11-14-29(24,7)23-12-15-28(6)21(9-10-22(28)25(23)26(20)32)18(2)13-16-30-35(33,34)27(3,4)5/h18-26,30-32H,8-17H2,1-7H3/t18-,19-,20-,21-,22?,23+,24+,25?,26-,28-,29-/m1/s1. The Morgan fingerprint density at radius 1 is 0.971 bits per heavy atom. The van der Waals surface area contributed by atoms with Gasteiger partial charge in [-0.1, -0.05) is 34.1 Å². The second-order valence-electron chi connectivity index (χ2n) is 14.4. The van der Waals surface area contributed by atoms with Crippen LogP contribution in [0.2, 0.25) is 0 Å². The highest BCUT2D eigenvalue weighted by Gasteiger charge is 2.64. The SMILES string of the molecule is CC[C@H]1[C@@H](O)C2C3CC[C@H]([C@H](C)CCNS(=O)(=O)C(C)(C)C)[C@@]3(C)CC[C@@H]2[C@@]2(C)CC[C@@H](O)C[C@@H]12. The van der Waals surface area contributed by atoms with Gasteiger partial charge in [0.05, 0.1) is 17.0 Å². The number of rotatable bonds is 6. The monoisotopic (exact) mass is 511 g/mol. The molecule has 4 saturated carbocycles. The van der Waals surface area contributed by atoms with E-state index in [0.29, 0.717) is 48.0 Å². The molecule has 6 heteroatoms. The lowest BCUT2D eigenvalue weighted by atomic mass is 9.41. The average molecular weight is 512 g/mol. The summed E-state index contributed by atoms with van der Waals surface area (Å²) in [6, 6.07) is 0. The zero-order valence-electron chi connectivity index (χ0n) is 23.4. The summed E-state index contributed by atoms with van der Waals surface area (Å²) in [6.45, 7) is 15.3. The molecule has 204 valence electrons. The normalized spacial score (nSPS) is 47.0. The van der Waals surface area contributed by atoms with E-state index in [1.165, 1.54) is 25.7 Å². The summed E-state index contributed by atoms with van der Waals surface area (Å²) >= 11 is 0. The second kappa shape index (κ2) is 9.54. The molecule has 0 aromatic heterocycles. The quantitative estimate of drug-likeness (QED) is 0.448. The minimum absolute atomic E-state index is 0.202. The van der Waals surface area contributed by atoms with Crippen LogP contribution in [0.3, 0.4) is 0 Å². The van der Waals surface area contributed by atoms with Crippen LogP contribution < -0.4 is 4.72 Å². The molecular weight excluding hydrogens is 458 g/mol. The fourth-order valence-corrected chi connectivity index (χ4v) is 10.6. The van der Waals surface area contributed by atoms with Gasteiger partial charge in [-0.2, -0.15) is 0 Å². The van der Waals surface area contributed by atoms with Gasteiger partial charge in [0.2, 0.25) is 10.0 Å². The van der Waals surface area contributed by atoms with Gasteiger partial charge in [0.25, 0.3) is 0 Å².